The van der Waals surface area contributed by atoms with Crippen molar-refractivity contribution in [3.05, 3.63) is 35.4 Å². The number of nitrogens with one attached hydrogen (secondary N) is 1. The Kier molecular flexibility index (Phi) is 6.13. The van der Waals surface area contributed by atoms with Crippen LogP contribution in [0.25, 0.3) is 0 Å². The van der Waals surface area contributed by atoms with Crippen LogP contribution in [0.1, 0.15) is 62.5 Å². The van der Waals surface area contributed by atoms with Crippen LogP contribution in [0.4, 0.5) is 0 Å². The number of aryl methyl sites for hydroxylation is 1. The number of hydrogen-bond acceptors (Lipinski definition) is 3. The van der Waals surface area contributed by atoms with E-state index in [2.05, 4.69) is 29.3 Å². The highest BCUT2D eigenvalue weighted by molar-refractivity contribution is 5.83. The van der Waals surface area contributed by atoms with Crippen LogP contribution in [-0.4, -0.2) is 47.2 Å². The minimum Gasteiger partial charge on any atom is -0.391 e. The van der Waals surface area contributed by atoms with Gasteiger partial charge in [0.25, 0.3) is 0 Å². The number of aliphatic hydroxyl groups excluding tert-OH is 1. The van der Waals surface area contributed by atoms with Crippen molar-refractivity contribution >= 4 is 5.91 Å². The molecule has 3 rings (SSSR count). The SMILES string of the molecule is Cc1cccc(C(C)C(=O)NC2CCN(C3CCCCC3O)CC2)c1. The van der Waals surface area contributed by atoms with Gasteiger partial charge in [0.15, 0.2) is 0 Å². The fourth-order valence-corrected chi connectivity index (χ4v) is 4.31. The summed E-state index contributed by atoms with van der Waals surface area (Å²) >= 11 is 0. The Balaban J connectivity index is 1.49. The second-order valence-corrected chi connectivity index (χ2v) is 7.87. The Morgan fingerprint density at radius 3 is 2.60 bits per heavy atom. The highest BCUT2D eigenvalue weighted by Crippen LogP contribution is 2.26. The Bertz CT molecular complexity index is 581. The second kappa shape index (κ2) is 8.33. The smallest absolute Gasteiger partial charge is 0.227 e. The number of rotatable bonds is 4. The van der Waals surface area contributed by atoms with E-state index >= 15 is 0 Å². The van der Waals surface area contributed by atoms with E-state index in [1.165, 1.54) is 12.0 Å². The van der Waals surface area contributed by atoms with Gasteiger partial charge in [-0.3, -0.25) is 9.69 Å². The fourth-order valence-electron chi connectivity index (χ4n) is 4.31. The van der Waals surface area contributed by atoms with Crippen LogP contribution in [-0.2, 0) is 4.79 Å². The number of benzene rings is 1. The van der Waals surface area contributed by atoms with Crippen molar-refractivity contribution in [3.63, 3.8) is 0 Å². The molecule has 25 heavy (non-hydrogen) atoms. The molecule has 2 N–H and O–H groups in total. The van der Waals surface area contributed by atoms with Gasteiger partial charge in [-0.25, -0.2) is 0 Å². The van der Waals surface area contributed by atoms with Crippen LogP contribution in [0.2, 0.25) is 0 Å². The molecule has 4 nitrogen and oxygen atoms in total. The van der Waals surface area contributed by atoms with Gasteiger partial charge in [0.1, 0.15) is 0 Å². The lowest BCUT2D eigenvalue weighted by Crippen LogP contribution is -2.52. The average molecular weight is 344 g/mol. The Hall–Kier alpha value is -1.39. The third-order valence-corrected chi connectivity index (χ3v) is 5.97. The topological polar surface area (TPSA) is 52.6 Å². The number of hydrogen-bond donors (Lipinski definition) is 2. The number of carbonyl (C=O) groups excluding carboxylic acids is 1. The lowest BCUT2D eigenvalue weighted by molar-refractivity contribution is -0.123. The number of nitrogens with zero attached hydrogens (tertiary/aromatic N) is 1. The molecule has 2 fully saturated rings. The monoisotopic (exact) mass is 344 g/mol. The van der Waals surface area contributed by atoms with E-state index in [9.17, 15) is 9.90 Å². The Morgan fingerprint density at radius 1 is 1.20 bits per heavy atom. The van der Waals surface area contributed by atoms with Crippen LogP contribution in [0.15, 0.2) is 24.3 Å². The minimum absolute atomic E-state index is 0.113. The number of aliphatic hydroxyl groups is 1. The lowest BCUT2D eigenvalue weighted by Gasteiger charge is -2.41. The summed E-state index contributed by atoms with van der Waals surface area (Å²) in [5.74, 6) is 0.0137. The lowest BCUT2D eigenvalue weighted by atomic mass is 9.89. The van der Waals surface area contributed by atoms with E-state index in [0.717, 1.165) is 50.8 Å². The zero-order valence-corrected chi connectivity index (χ0v) is 15.6. The van der Waals surface area contributed by atoms with Gasteiger partial charge < -0.3 is 10.4 Å². The highest BCUT2D eigenvalue weighted by Gasteiger charge is 2.32. The summed E-state index contributed by atoms with van der Waals surface area (Å²) in [5.41, 5.74) is 2.27. The number of carbonyl (C=O) groups is 1. The summed E-state index contributed by atoms with van der Waals surface area (Å²) in [6.07, 6.45) is 6.23. The predicted octanol–water partition coefficient (Wildman–Crippen LogP) is 2.98. The number of piperidine rings is 1. The van der Waals surface area contributed by atoms with Crippen LogP contribution < -0.4 is 5.32 Å². The van der Waals surface area contributed by atoms with Gasteiger partial charge in [-0.15, -0.1) is 0 Å². The van der Waals surface area contributed by atoms with Gasteiger partial charge in [0, 0.05) is 25.2 Å². The summed E-state index contributed by atoms with van der Waals surface area (Å²) in [5, 5.41) is 13.5. The molecule has 3 unspecified atom stereocenters. The molecule has 1 aliphatic heterocycles. The van der Waals surface area contributed by atoms with Crippen LogP contribution in [0.5, 0.6) is 0 Å². The first-order valence-corrected chi connectivity index (χ1v) is 9.83. The molecule has 4 heteroatoms. The maximum absolute atomic E-state index is 12.6. The predicted molar refractivity (Wildman–Crippen MR) is 101 cm³/mol. The normalized spacial score (nSPS) is 27.0. The molecule has 1 aliphatic carbocycles. The molecule has 0 spiro atoms. The molecule has 1 aromatic rings. The van der Waals surface area contributed by atoms with E-state index in [1.807, 2.05) is 19.1 Å². The van der Waals surface area contributed by atoms with E-state index in [1.54, 1.807) is 0 Å². The summed E-state index contributed by atoms with van der Waals surface area (Å²) in [7, 11) is 0. The Morgan fingerprint density at radius 2 is 1.92 bits per heavy atom. The molecule has 3 atom stereocenters. The van der Waals surface area contributed by atoms with Crippen molar-refractivity contribution < 1.29 is 9.90 Å². The fraction of sp³-hybridized carbons (Fsp3) is 0.667. The summed E-state index contributed by atoms with van der Waals surface area (Å²) < 4.78 is 0. The molecule has 1 saturated heterocycles. The molecule has 2 aliphatic rings. The molecule has 0 radical (unpaired) electrons. The maximum atomic E-state index is 12.6. The van der Waals surface area contributed by atoms with Crippen molar-refractivity contribution in [3.8, 4) is 0 Å². The van der Waals surface area contributed by atoms with Gasteiger partial charge in [0.05, 0.1) is 12.0 Å². The molecule has 138 valence electrons. The van der Waals surface area contributed by atoms with Crippen LogP contribution in [0, 0.1) is 6.92 Å². The van der Waals surface area contributed by atoms with Crippen molar-refractivity contribution in [1.29, 1.82) is 0 Å². The van der Waals surface area contributed by atoms with E-state index in [0.29, 0.717) is 6.04 Å². The van der Waals surface area contributed by atoms with Crippen molar-refractivity contribution in [2.24, 2.45) is 0 Å². The van der Waals surface area contributed by atoms with E-state index in [4.69, 9.17) is 0 Å². The summed E-state index contributed by atoms with van der Waals surface area (Å²) in [6.45, 7) is 6.00. The largest absolute Gasteiger partial charge is 0.391 e. The van der Waals surface area contributed by atoms with Crippen molar-refractivity contribution in [2.45, 2.75) is 76.5 Å². The first kappa shape index (κ1) is 18.4. The first-order valence-electron chi connectivity index (χ1n) is 9.83. The van der Waals surface area contributed by atoms with E-state index < -0.39 is 0 Å². The second-order valence-electron chi connectivity index (χ2n) is 7.87. The highest BCUT2D eigenvalue weighted by atomic mass is 16.3. The van der Waals surface area contributed by atoms with Crippen LogP contribution >= 0.6 is 0 Å². The molecule has 1 heterocycles. The molecule has 0 bridgehead atoms. The van der Waals surface area contributed by atoms with E-state index in [-0.39, 0.29) is 24.0 Å². The van der Waals surface area contributed by atoms with Crippen LogP contribution in [0.3, 0.4) is 0 Å². The zero-order valence-electron chi connectivity index (χ0n) is 15.6. The summed E-state index contributed by atoms with van der Waals surface area (Å²) in [6, 6.07) is 8.79. The standard InChI is InChI=1S/C21H32N2O2/c1-15-6-5-7-17(14-15)16(2)21(25)22-18-10-12-23(13-11-18)19-8-3-4-9-20(19)24/h5-7,14,16,18-20,24H,3-4,8-13H2,1-2H3,(H,22,25). The van der Waals surface area contributed by atoms with Gasteiger partial charge in [0.2, 0.25) is 5.91 Å². The average Bonchev–Trinajstić information content (AvgIpc) is 2.62. The third kappa shape index (κ3) is 4.62. The molecular weight excluding hydrogens is 312 g/mol. The first-order chi connectivity index (χ1) is 12.0. The van der Waals surface area contributed by atoms with Gasteiger partial charge >= 0.3 is 0 Å². The molecule has 1 aromatic carbocycles. The molecule has 1 amide bonds. The number of likely N-dealkylation sites (tertiary alicyclic amines) is 1. The quantitative estimate of drug-likeness (QED) is 0.883. The Labute approximate surface area is 151 Å². The maximum Gasteiger partial charge on any atom is 0.227 e. The summed E-state index contributed by atoms with van der Waals surface area (Å²) in [4.78, 5) is 15.0. The molecule has 1 saturated carbocycles. The van der Waals surface area contributed by atoms with Crippen molar-refractivity contribution in [1.82, 2.24) is 10.2 Å². The third-order valence-electron chi connectivity index (χ3n) is 5.97. The minimum atomic E-state index is -0.166. The molecular formula is C21H32N2O2. The number of amides is 1. The molecule has 0 aromatic heterocycles. The zero-order chi connectivity index (χ0) is 17.8. The van der Waals surface area contributed by atoms with Gasteiger partial charge in [-0.05, 0) is 45.1 Å². The van der Waals surface area contributed by atoms with Gasteiger partial charge in [-0.1, -0.05) is 42.7 Å². The van der Waals surface area contributed by atoms with Gasteiger partial charge in [-0.2, -0.15) is 0 Å². The van der Waals surface area contributed by atoms with Crippen molar-refractivity contribution in [2.75, 3.05) is 13.1 Å².